The number of nitrogens with zero attached hydrogens (tertiary/aromatic N) is 1. The van der Waals surface area contributed by atoms with Crippen molar-refractivity contribution in [3.63, 3.8) is 0 Å². The van der Waals surface area contributed by atoms with Crippen molar-refractivity contribution in [1.29, 1.82) is 0 Å². The van der Waals surface area contributed by atoms with Crippen molar-refractivity contribution in [3.8, 4) is 22.3 Å². The lowest BCUT2D eigenvalue weighted by molar-refractivity contribution is 0.572. The van der Waals surface area contributed by atoms with E-state index in [4.69, 9.17) is 4.42 Å². The molecular formula is C60H55NO. The van der Waals surface area contributed by atoms with E-state index in [2.05, 4.69) is 221 Å². The Hall–Kier alpha value is -6.64. The Morgan fingerprint density at radius 2 is 1.45 bits per heavy atom. The smallest absolute Gasteiger partial charge is 0.143 e. The fraction of sp³-hybridized carbons (Fsp3) is 0.200. The minimum atomic E-state index is -0.0854. The summed E-state index contributed by atoms with van der Waals surface area (Å²) in [5.74, 6) is 1.03. The Kier molecular flexibility index (Phi) is 10.2. The van der Waals surface area contributed by atoms with Crippen LogP contribution >= 0.6 is 0 Å². The van der Waals surface area contributed by atoms with Gasteiger partial charge in [0.05, 0.1) is 0 Å². The first-order valence-electron chi connectivity index (χ1n) is 22.5. The molecule has 0 amide bonds. The Bertz CT molecular complexity index is 2920. The second kappa shape index (κ2) is 16.0. The molecule has 0 fully saturated rings. The van der Waals surface area contributed by atoms with E-state index in [0.717, 1.165) is 71.6 Å². The van der Waals surface area contributed by atoms with Crippen molar-refractivity contribution in [3.05, 3.63) is 233 Å². The molecule has 0 spiro atoms. The summed E-state index contributed by atoms with van der Waals surface area (Å²) in [6.07, 6.45) is 28.2. The van der Waals surface area contributed by atoms with Gasteiger partial charge in [-0.3, -0.25) is 0 Å². The zero-order chi connectivity index (χ0) is 42.4. The van der Waals surface area contributed by atoms with Crippen LogP contribution in [0.25, 0.3) is 39.3 Å². The van der Waals surface area contributed by atoms with E-state index < -0.39 is 0 Å². The second-order valence-electron chi connectivity index (χ2n) is 18.0. The predicted molar refractivity (Wildman–Crippen MR) is 263 cm³/mol. The van der Waals surface area contributed by atoms with E-state index in [-0.39, 0.29) is 16.7 Å². The third-order valence-corrected chi connectivity index (χ3v) is 13.9. The monoisotopic (exact) mass is 805 g/mol. The molecule has 4 aliphatic rings. The number of fused-ring (bicyclic) bond motifs is 3. The van der Waals surface area contributed by atoms with Crippen molar-refractivity contribution in [2.45, 2.75) is 71.1 Å². The number of aryl methyl sites for hydroxylation is 1. The maximum absolute atomic E-state index is 6.75. The molecule has 0 N–H and O–H groups in total. The number of anilines is 2. The van der Waals surface area contributed by atoms with E-state index in [9.17, 15) is 0 Å². The summed E-state index contributed by atoms with van der Waals surface area (Å²) in [5, 5.41) is 1.23. The van der Waals surface area contributed by atoms with Crippen molar-refractivity contribution in [2.75, 3.05) is 4.90 Å². The molecule has 5 aromatic carbocycles. The summed E-state index contributed by atoms with van der Waals surface area (Å²) in [7, 11) is 0. The lowest BCUT2D eigenvalue weighted by Crippen LogP contribution is -2.24. The Morgan fingerprint density at radius 3 is 2.19 bits per heavy atom. The Morgan fingerprint density at radius 1 is 0.726 bits per heavy atom. The van der Waals surface area contributed by atoms with Gasteiger partial charge in [-0.15, -0.1) is 6.58 Å². The molecule has 62 heavy (non-hydrogen) atoms. The third kappa shape index (κ3) is 6.83. The van der Waals surface area contributed by atoms with Gasteiger partial charge < -0.3 is 9.32 Å². The van der Waals surface area contributed by atoms with E-state index in [1.807, 2.05) is 0 Å². The normalized spacial score (nSPS) is 20.7. The van der Waals surface area contributed by atoms with Gasteiger partial charge in [0.25, 0.3) is 0 Å². The van der Waals surface area contributed by atoms with Crippen LogP contribution in [0.1, 0.15) is 81.7 Å². The summed E-state index contributed by atoms with van der Waals surface area (Å²) in [6, 6.07) is 44.3. The quantitative estimate of drug-likeness (QED) is 0.135. The van der Waals surface area contributed by atoms with Gasteiger partial charge in [-0.2, -0.15) is 0 Å². The van der Waals surface area contributed by atoms with Crippen molar-refractivity contribution >= 4 is 28.4 Å². The molecule has 6 aromatic rings. The number of hydrogen-bond acceptors (Lipinski definition) is 2. The first kappa shape index (κ1) is 39.5. The molecule has 1 aromatic heterocycles. The maximum atomic E-state index is 6.75. The molecule has 0 bridgehead atoms. The number of furan rings is 1. The summed E-state index contributed by atoms with van der Waals surface area (Å²) in [6.45, 7) is 13.7. The predicted octanol–water partition coefficient (Wildman–Crippen LogP) is 16.5. The van der Waals surface area contributed by atoms with Gasteiger partial charge in [-0.1, -0.05) is 160 Å². The average Bonchev–Trinajstić information content (AvgIpc) is 3.81. The highest BCUT2D eigenvalue weighted by atomic mass is 16.3. The Balaban J connectivity index is 1.05. The minimum Gasteiger partial charge on any atom is -0.456 e. The molecule has 0 aliphatic heterocycles. The zero-order valence-corrected chi connectivity index (χ0v) is 36.5. The van der Waals surface area contributed by atoms with Crippen molar-refractivity contribution in [1.82, 2.24) is 0 Å². The van der Waals surface area contributed by atoms with Gasteiger partial charge in [-0.25, -0.2) is 0 Å². The highest BCUT2D eigenvalue weighted by molar-refractivity contribution is 6.05. The molecule has 0 saturated carbocycles. The SMILES string of the molecule is C=CC(C=C1/C(=C\C)C2=C(C=CCC2)C1(C)C)c1cccc(N(C2=CCC(C)(c3ccccc3)C=C2)c2ccc(-c3ccc(-c4ccccc4)c4c5c(oc34)C=CCC5)cc2)c1. The van der Waals surface area contributed by atoms with E-state index in [0.29, 0.717) is 0 Å². The van der Waals surface area contributed by atoms with E-state index >= 15 is 0 Å². The maximum Gasteiger partial charge on any atom is 0.143 e. The Labute approximate surface area is 368 Å². The molecule has 2 heteroatoms. The topological polar surface area (TPSA) is 16.4 Å². The van der Waals surface area contributed by atoms with Crippen LogP contribution < -0.4 is 4.90 Å². The molecule has 2 atom stereocenters. The van der Waals surface area contributed by atoms with Crippen LogP contribution in [0, 0.1) is 5.41 Å². The minimum absolute atomic E-state index is 0.0428. The molecule has 2 unspecified atom stereocenters. The third-order valence-electron chi connectivity index (χ3n) is 13.9. The van der Waals surface area contributed by atoms with Crippen LogP contribution in [-0.2, 0) is 11.8 Å². The highest BCUT2D eigenvalue weighted by Crippen LogP contribution is 2.54. The van der Waals surface area contributed by atoms with Crippen LogP contribution in [-0.4, -0.2) is 0 Å². The van der Waals surface area contributed by atoms with Gasteiger partial charge in [-0.05, 0) is 132 Å². The van der Waals surface area contributed by atoms with Gasteiger partial charge in [0.15, 0.2) is 0 Å². The summed E-state index contributed by atoms with van der Waals surface area (Å²) < 4.78 is 6.75. The fourth-order valence-corrected chi connectivity index (χ4v) is 10.5. The largest absolute Gasteiger partial charge is 0.456 e. The summed E-state index contributed by atoms with van der Waals surface area (Å²) in [5.41, 5.74) is 18.5. The number of allylic oxidation sites excluding steroid dienone is 13. The first-order chi connectivity index (χ1) is 30.3. The molecule has 10 rings (SSSR count). The number of hydrogen-bond donors (Lipinski definition) is 0. The van der Waals surface area contributed by atoms with Gasteiger partial charge >= 0.3 is 0 Å². The highest BCUT2D eigenvalue weighted by Gasteiger charge is 2.39. The lowest BCUT2D eigenvalue weighted by atomic mass is 9.77. The van der Waals surface area contributed by atoms with Crippen molar-refractivity contribution < 1.29 is 4.42 Å². The van der Waals surface area contributed by atoms with E-state index in [1.54, 1.807) is 0 Å². The standard InChI is InChI=1S/C60H55NO/c1-6-41(40-55-49(7-2)52-25-14-16-27-54(52)59(55,3)4)44-21-18-24-48(39-44)61(47-35-37-60(5,38-36-47)45-22-12-9-13-23-45)46-31-29-43(30-32-46)51-34-33-50(42-19-10-8-11-20-42)57-53-26-15-17-28-56(53)62-58(51)57/h6-13,16-24,27-37,39-41H,1,14-15,25-26,38H2,2-5H3/b49-7-,55-40?. The van der Waals surface area contributed by atoms with Crippen LogP contribution in [0.4, 0.5) is 11.4 Å². The van der Waals surface area contributed by atoms with Crippen LogP contribution in [0.15, 0.2) is 215 Å². The van der Waals surface area contributed by atoms with Gasteiger partial charge in [0.1, 0.15) is 11.3 Å². The molecule has 306 valence electrons. The molecule has 4 aliphatic carbocycles. The second-order valence-corrected chi connectivity index (χ2v) is 18.0. The van der Waals surface area contributed by atoms with Crippen LogP contribution in [0.5, 0.6) is 0 Å². The molecular weight excluding hydrogens is 751 g/mol. The van der Waals surface area contributed by atoms with E-state index in [1.165, 1.54) is 55.5 Å². The van der Waals surface area contributed by atoms with Crippen LogP contribution in [0.3, 0.4) is 0 Å². The fourth-order valence-electron chi connectivity index (χ4n) is 10.5. The average molecular weight is 806 g/mol. The van der Waals surface area contributed by atoms with Crippen LogP contribution in [0.2, 0.25) is 0 Å². The first-order valence-corrected chi connectivity index (χ1v) is 22.5. The molecule has 1 heterocycles. The van der Waals surface area contributed by atoms with Gasteiger partial charge in [0, 0.05) is 50.3 Å². The van der Waals surface area contributed by atoms with Crippen molar-refractivity contribution in [2.24, 2.45) is 5.41 Å². The molecule has 0 saturated heterocycles. The zero-order valence-electron chi connectivity index (χ0n) is 36.5. The molecule has 2 nitrogen and oxygen atoms in total. The number of benzene rings is 5. The number of rotatable bonds is 9. The summed E-state index contributed by atoms with van der Waals surface area (Å²) >= 11 is 0. The van der Waals surface area contributed by atoms with Gasteiger partial charge in [0.2, 0.25) is 0 Å². The lowest BCUT2D eigenvalue weighted by Gasteiger charge is -2.33. The summed E-state index contributed by atoms with van der Waals surface area (Å²) in [4.78, 5) is 2.42. The molecule has 0 radical (unpaired) electrons.